The van der Waals surface area contributed by atoms with Crippen molar-refractivity contribution in [3.8, 4) is 11.8 Å². The quantitative estimate of drug-likeness (QED) is 0.577. The maximum Gasteiger partial charge on any atom is 0.225 e. The number of ether oxygens (including phenoxy) is 2. The Balaban J connectivity index is 1.38. The topological polar surface area (TPSA) is 65.8 Å². The molecule has 6 heteroatoms. The van der Waals surface area contributed by atoms with Crippen LogP contribution < -0.4 is 4.74 Å². The largest absolute Gasteiger partial charge is 0.497 e. The van der Waals surface area contributed by atoms with Crippen LogP contribution in [0.5, 0.6) is 5.75 Å². The number of hydrogen-bond acceptors (Lipinski definition) is 5. The summed E-state index contributed by atoms with van der Waals surface area (Å²) in [5.74, 6) is 1.41. The lowest BCUT2D eigenvalue weighted by atomic mass is 9.88. The van der Waals surface area contributed by atoms with E-state index >= 15 is 0 Å². The van der Waals surface area contributed by atoms with Crippen LogP contribution in [0.2, 0.25) is 0 Å². The first kappa shape index (κ1) is 24.3. The second-order valence-electron chi connectivity index (χ2n) is 9.35. The Kier molecular flexibility index (Phi) is 8.56. The molecule has 1 aliphatic carbocycles. The van der Waals surface area contributed by atoms with E-state index in [0.29, 0.717) is 18.1 Å². The van der Waals surface area contributed by atoms with Gasteiger partial charge in [-0.1, -0.05) is 43.5 Å². The number of carbonyl (C=O) groups excluding carboxylic acids is 1. The second-order valence-corrected chi connectivity index (χ2v) is 9.35. The van der Waals surface area contributed by atoms with E-state index in [2.05, 4.69) is 21.9 Å². The number of benzene rings is 2. The zero-order valence-electron chi connectivity index (χ0n) is 20.1. The van der Waals surface area contributed by atoms with Crippen molar-refractivity contribution in [3.05, 3.63) is 65.2 Å². The Morgan fingerprint density at radius 2 is 1.79 bits per heavy atom. The van der Waals surface area contributed by atoms with Crippen LogP contribution in [0.25, 0.3) is 0 Å². The Labute approximate surface area is 203 Å². The monoisotopic (exact) mass is 461 g/mol. The summed E-state index contributed by atoms with van der Waals surface area (Å²) in [6.45, 7) is 4.52. The third-order valence-corrected chi connectivity index (χ3v) is 7.06. The minimum absolute atomic E-state index is 0.119. The van der Waals surface area contributed by atoms with Crippen LogP contribution in [0, 0.1) is 17.2 Å². The Hall–Kier alpha value is -2.88. The van der Waals surface area contributed by atoms with Crippen molar-refractivity contribution in [1.29, 1.82) is 5.26 Å². The number of methoxy groups -OCH3 is 1. The summed E-state index contributed by atoms with van der Waals surface area (Å²) in [6.07, 6.45) is 5.64. The second kappa shape index (κ2) is 12.0. The highest BCUT2D eigenvalue weighted by molar-refractivity contribution is 5.79. The summed E-state index contributed by atoms with van der Waals surface area (Å²) in [6, 6.07) is 17.7. The molecule has 1 heterocycles. The number of carbonyl (C=O) groups is 1. The average Bonchev–Trinajstić information content (AvgIpc) is 2.91. The first-order chi connectivity index (χ1) is 16.7. The van der Waals surface area contributed by atoms with Crippen molar-refractivity contribution >= 4 is 5.91 Å². The van der Waals surface area contributed by atoms with E-state index in [1.807, 2.05) is 42.5 Å². The van der Waals surface area contributed by atoms with Crippen molar-refractivity contribution in [3.63, 3.8) is 0 Å². The molecule has 1 saturated heterocycles. The molecule has 1 atom stereocenters. The fourth-order valence-electron chi connectivity index (χ4n) is 4.96. The van der Waals surface area contributed by atoms with Gasteiger partial charge in [0.15, 0.2) is 0 Å². The molecule has 0 radical (unpaired) electrons. The lowest BCUT2D eigenvalue weighted by molar-refractivity contribution is -0.138. The smallest absolute Gasteiger partial charge is 0.225 e. The Bertz CT molecular complexity index is 971. The molecule has 180 valence electrons. The Morgan fingerprint density at radius 3 is 2.47 bits per heavy atom. The van der Waals surface area contributed by atoms with E-state index in [0.717, 1.165) is 62.4 Å². The van der Waals surface area contributed by atoms with E-state index in [1.165, 1.54) is 19.3 Å². The zero-order chi connectivity index (χ0) is 23.8. The van der Waals surface area contributed by atoms with Crippen molar-refractivity contribution in [2.24, 2.45) is 5.92 Å². The molecule has 4 rings (SSSR count). The van der Waals surface area contributed by atoms with Crippen LogP contribution >= 0.6 is 0 Å². The van der Waals surface area contributed by atoms with Gasteiger partial charge in [0.05, 0.1) is 31.5 Å². The molecular weight excluding hydrogens is 426 g/mol. The summed E-state index contributed by atoms with van der Waals surface area (Å²) in [5.41, 5.74) is 2.76. The van der Waals surface area contributed by atoms with E-state index in [1.54, 1.807) is 7.11 Å². The number of nitriles is 1. The van der Waals surface area contributed by atoms with Gasteiger partial charge in [0.2, 0.25) is 5.91 Å². The average molecular weight is 462 g/mol. The van der Waals surface area contributed by atoms with E-state index in [4.69, 9.17) is 14.7 Å². The third kappa shape index (κ3) is 6.37. The molecule has 2 aromatic rings. The molecule has 0 bridgehead atoms. The highest BCUT2D eigenvalue weighted by Gasteiger charge is 2.29. The normalized spacial score (nSPS) is 18.3. The van der Waals surface area contributed by atoms with Gasteiger partial charge in [0, 0.05) is 38.6 Å². The number of amides is 1. The highest BCUT2D eigenvalue weighted by atomic mass is 16.5. The fourth-order valence-corrected chi connectivity index (χ4v) is 4.96. The zero-order valence-corrected chi connectivity index (χ0v) is 20.1. The van der Waals surface area contributed by atoms with Gasteiger partial charge in [-0.25, -0.2) is 0 Å². The van der Waals surface area contributed by atoms with E-state index in [-0.39, 0.29) is 12.0 Å². The molecule has 0 spiro atoms. The number of rotatable bonds is 8. The standard InChI is InChI=1S/C28H35N3O3/c1-33-26-9-5-8-25(18-26)27(34-21-23-12-10-22(19-29)11-13-23)20-30-14-16-31(17-15-30)28(32)24-6-3-2-4-7-24/h5,8-13,18,24,27H,2-4,6-7,14-17,20-21H2,1H3/t27-/m1/s1. The molecule has 2 aromatic carbocycles. The van der Waals surface area contributed by atoms with Crippen molar-refractivity contribution in [2.75, 3.05) is 39.8 Å². The fraction of sp³-hybridized carbons (Fsp3) is 0.500. The summed E-state index contributed by atoms with van der Waals surface area (Å²) in [5, 5.41) is 9.03. The molecule has 6 nitrogen and oxygen atoms in total. The molecule has 1 aliphatic heterocycles. The molecule has 1 saturated carbocycles. The van der Waals surface area contributed by atoms with Gasteiger partial charge in [0.25, 0.3) is 0 Å². The molecule has 0 aromatic heterocycles. The maximum atomic E-state index is 12.9. The summed E-state index contributed by atoms with van der Waals surface area (Å²) >= 11 is 0. The van der Waals surface area contributed by atoms with Gasteiger partial charge in [-0.3, -0.25) is 9.69 Å². The molecule has 0 N–H and O–H groups in total. The number of nitrogens with zero attached hydrogens (tertiary/aromatic N) is 3. The summed E-state index contributed by atoms with van der Waals surface area (Å²) in [7, 11) is 1.67. The van der Waals surface area contributed by atoms with Gasteiger partial charge >= 0.3 is 0 Å². The van der Waals surface area contributed by atoms with Crippen LogP contribution in [-0.2, 0) is 16.1 Å². The maximum absolute atomic E-state index is 12.9. The van der Waals surface area contributed by atoms with Crippen LogP contribution in [0.3, 0.4) is 0 Å². The predicted octanol–water partition coefficient (Wildman–Crippen LogP) is 4.55. The van der Waals surface area contributed by atoms with Crippen LogP contribution in [0.1, 0.15) is 54.9 Å². The van der Waals surface area contributed by atoms with Gasteiger partial charge in [0.1, 0.15) is 5.75 Å². The summed E-state index contributed by atoms with van der Waals surface area (Å²) < 4.78 is 11.8. The van der Waals surface area contributed by atoms with Gasteiger partial charge in [-0.05, 0) is 48.2 Å². The number of hydrogen-bond donors (Lipinski definition) is 0. The molecule has 1 amide bonds. The van der Waals surface area contributed by atoms with Crippen LogP contribution in [-0.4, -0.2) is 55.5 Å². The lowest BCUT2D eigenvalue weighted by Gasteiger charge is -2.38. The van der Waals surface area contributed by atoms with E-state index in [9.17, 15) is 4.79 Å². The van der Waals surface area contributed by atoms with Gasteiger partial charge in [-0.15, -0.1) is 0 Å². The molecule has 0 unspecified atom stereocenters. The third-order valence-electron chi connectivity index (χ3n) is 7.06. The first-order valence-corrected chi connectivity index (χ1v) is 12.4. The predicted molar refractivity (Wildman–Crippen MR) is 131 cm³/mol. The van der Waals surface area contributed by atoms with Crippen LogP contribution in [0.4, 0.5) is 0 Å². The van der Waals surface area contributed by atoms with Crippen molar-refractivity contribution < 1.29 is 14.3 Å². The Morgan fingerprint density at radius 1 is 1.06 bits per heavy atom. The highest BCUT2D eigenvalue weighted by Crippen LogP contribution is 2.27. The molecule has 34 heavy (non-hydrogen) atoms. The minimum Gasteiger partial charge on any atom is -0.497 e. The summed E-state index contributed by atoms with van der Waals surface area (Å²) in [4.78, 5) is 17.4. The van der Waals surface area contributed by atoms with Gasteiger partial charge in [-0.2, -0.15) is 5.26 Å². The van der Waals surface area contributed by atoms with Gasteiger partial charge < -0.3 is 14.4 Å². The lowest BCUT2D eigenvalue weighted by Crippen LogP contribution is -2.51. The number of piperazine rings is 1. The van der Waals surface area contributed by atoms with Crippen molar-refractivity contribution in [1.82, 2.24) is 9.80 Å². The first-order valence-electron chi connectivity index (χ1n) is 12.4. The molecule has 2 aliphatic rings. The SMILES string of the molecule is COc1cccc([C@@H](CN2CCN(C(=O)C3CCCCC3)CC2)OCc2ccc(C#N)cc2)c1. The molecule has 2 fully saturated rings. The molecular formula is C28H35N3O3. The van der Waals surface area contributed by atoms with Crippen molar-refractivity contribution in [2.45, 2.75) is 44.8 Å². The minimum atomic E-state index is -0.119. The van der Waals surface area contributed by atoms with Crippen LogP contribution in [0.15, 0.2) is 48.5 Å². The van der Waals surface area contributed by atoms with E-state index < -0.39 is 0 Å².